The average molecular weight is 272 g/mol. The molecule has 0 fully saturated rings. The number of ether oxygens (including phenoxy) is 1. The number of benzene rings is 1. The van der Waals surface area contributed by atoms with Gasteiger partial charge >= 0.3 is 0 Å². The van der Waals surface area contributed by atoms with Gasteiger partial charge in [-0.25, -0.2) is 0 Å². The van der Waals surface area contributed by atoms with Crippen molar-refractivity contribution in [2.75, 3.05) is 12.4 Å². The highest BCUT2D eigenvalue weighted by molar-refractivity contribution is 6.33. The number of amides is 2. The average Bonchev–Trinajstić information content (AvgIpc) is 2.31. The van der Waals surface area contributed by atoms with Crippen molar-refractivity contribution in [1.29, 1.82) is 0 Å². The third-order valence-electron chi connectivity index (χ3n) is 2.19. The van der Waals surface area contributed by atoms with Gasteiger partial charge in [0.05, 0.1) is 30.3 Å². The van der Waals surface area contributed by atoms with E-state index < -0.39 is 17.9 Å². The van der Waals surface area contributed by atoms with Gasteiger partial charge in [-0.05, 0) is 12.1 Å². The lowest BCUT2D eigenvalue weighted by atomic mass is 10.2. The second kappa shape index (κ2) is 6.23. The Kier molecular flexibility index (Phi) is 4.94. The highest BCUT2D eigenvalue weighted by Gasteiger charge is 2.17. The van der Waals surface area contributed by atoms with Gasteiger partial charge < -0.3 is 21.5 Å². The van der Waals surface area contributed by atoms with Gasteiger partial charge in [-0.2, -0.15) is 0 Å². The van der Waals surface area contributed by atoms with E-state index in [1.807, 2.05) is 0 Å². The van der Waals surface area contributed by atoms with Crippen LogP contribution in [0.3, 0.4) is 0 Å². The van der Waals surface area contributed by atoms with Gasteiger partial charge in [0.2, 0.25) is 11.8 Å². The molecule has 0 aromatic heterocycles. The van der Waals surface area contributed by atoms with E-state index in [-0.39, 0.29) is 6.42 Å². The molecule has 0 saturated heterocycles. The van der Waals surface area contributed by atoms with Crippen LogP contribution in [0.1, 0.15) is 6.42 Å². The molecule has 0 spiro atoms. The molecule has 0 aliphatic heterocycles. The topological polar surface area (TPSA) is 107 Å². The SMILES string of the molecule is COc1ccc(Cl)c(NC(=O)C(N)CC(N)=O)c1. The first-order chi connectivity index (χ1) is 8.43. The third-order valence-corrected chi connectivity index (χ3v) is 2.52. The minimum Gasteiger partial charge on any atom is -0.497 e. The van der Waals surface area contributed by atoms with Gasteiger partial charge in [-0.15, -0.1) is 0 Å². The molecular formula is C11H14ClN3O3. The number of primary amides is 1. The van der Waals surface area contributed by atoms with Crippen molar-refractivity contribution in [3.05, 3.63) is 23.2 Å². The molecule has 1 unspecified atom stereocenters. The van der Waals surface area contributed by atoms with Gasteiger partial charge in [-0.3, -0.25) is 9.59 Å². The highest BCUT2D eigenvalue weighted by Crippen LogP contribution is 2.26. The largest absolute Gasteiger partial charge is 0.497 e. The molecule has 0 bridgehead atoms. The molecule has 0 radical (unpaired) electrons. The lowest BCUT2D eigenvalue weighted by Gasteiger charge is -2.12. The standard InChI is InChI=1S/C11H14ClN3O3/c1-18-6-2-3-7(12)9(4-6)15-11(17)8(13)5-10(14)16/h2-4,8H,5,13H2,1H3,(H2,14,16)(H,15,17). The fraction of sp³-hybridized carbons (Fsp3) is 0.273. The Balaban J connectivity index is 2.77. The molecule has 18 heavy (non-hydrogen) atoms. The zero-order valence-corrected chi connectivity index (χ0v) is 10.5. The molecule has 1 aromatic carbocycles. The van der Waals surface area contributed by atoms with Crippen LogP contribution >= 0.6 is 11.6 Å². The smallest absolute Gasteiger partial charge is 0.241 e. The summed E-state index contributed by atoms with van der Waals surface area (Å²) in [6, 6.07) is 3.78. The van der Waals surface area contributed by atoms with Gasteiger partial charge in [0.25, 0.3) is 0 Å². The highest BCUT2D eigenvalue weighted by atomic mass is 35.5. The molecule has 0 heterocycles. The van der Waals surface area contributed by atoms with E-state index in [1.54, 1.807) is 18.2 Å². The Bertz CT molecular complexity index is 465. The van der Waals surface area contributed by atoms with E-state index in [2.05, 4.69) is 5.32 Å². The van der Waals surface area contributed by atoms with Crippen molar-refractivity contribution in [1.82, 2.24) is 0 Å². The van der Waals surface area contributed by atoms with Gasteiger partial charge in [0.1, 0.15) is 5.75 Å². The quantitative estimate of drug-likeness (QED) is 0.724. The summed E-state index contributed by atoms with van der Waals surface area (Å²) >= 11 is 5.90. The number of rotatable bonds is 5. The van der Waals surface area contributed by atoms with Crippen LogP contribution < -0.4 is 21.5 Å². The summed E-state index contributed by atoms with van der Waals surface area (Å²) in [4.78, 5) is 22.3. The van der Waals surface area contributed by atoms with Crippen LogP contribution in [0, 0.1) is 0 Å². The number of nitrogens with one attached hydrogen (secondary N) is 1. The van der Waals surface area contributed by atoms with Crippen LogP contribution in [0.5, 0.6) is 5.75 Å². The predicted octanol–water partition coefficient (Wildman–Crippen LogP) is 0.490. The van der Waals surface area contributed by atoms with Crippen LogP contribution in [-0.4, -0.2) is 25.0 Å². The minimum absolute atomic E-state index is 0.229. The molecule has 0 aliphatic rings. The number of halogens is 1. The molecule has 98 valence electrons. The summed E-state index contributed by atoms with van der Waals surface area (Å²) in [7, 11) is 1.49. The Labute approximate surface area is 109 Å². The lowest BCUT2D eigenvalue weighted by Crippen LogP contribution is -2.39. The zero-order valence-electron chi connectivity index (χ0n) is 9.77. The first-order valence-corrected chi connectivity index (χ1v) is 5.50. The molecule has 1 atom stereocenters. The molecule has 1 rings (SSSR count). The predicted molar refractivity (Wildman–Crippen MR) is 68.4 cm³/mol. The van der Waals surface area contributed by atoms with Crippen LogP contribution in [0.2, 0.25) is 5.02 Å². The normalized spacial score (nSPS) is 11.7. The maximum atomic E-state index is 11.7. The van der Waals surface area contributed by atoms with Crippen molar-refractivity contribution in [3.8, 4) is 5.75 Å². The van der Waals surface area contributed by atoms with Crippen molar-refractivity contribution in [2.45, 2.75) is 12.5 Å². The van der Waals surface area contributed by atoms with E-state index in [0.717, 1.165) is 0 Å². The van der Waals surface area contributed by atoms with E-state index >= 15 is 0 Å². The summed E-state index contributed by atoms with van der Waals surface area (Å²) in [6.07, 6.45) is -0.229. The Morgan fingerprint density at radius 3 is 2.72 bits per heavy atom. The molecule has 2 amide bonds. The first kappa shape index (κ1) is 14.3. The molecular weight excluding hydrogens is 258 g/mol. The lowest BCUT2D eigenvalue weighted by molar-refractivity contribution is -0.123. The van der Waals surface area contributed by atoms with Gasteiger partial charge in [-0.1, -0.05) is 11.6 Å². The molecule has 0 saturated carbocycles. The number of carbonyl (C=O) groups is 2. The molecule has 0 aliphatic carbocycles. The second-order valence-electron chi connectivity index (χ2n) is 3.61. The Morgan fingerprint density at radius 1 is 1.50 bits per heavy atom. The van der Waals surface area contributed by atoms with Crippen molar-refractivity contribution >= 4 is 29.1 Å². The van der Waals surface area contributed by atoms with Crippen molar-refractivity contribution in [3.63, 3.8) is 0 Å². The van der Waals surface area contributed by atoms with Gasteiger partial charge in [0, 0.05) is 6.07 Å². The van der Waals surface area contributed by atoms with Crippen LogP contribution in [-0.2, 0) is 9.59 Å². The second-order valence-corrected chi connectivity index (χ2v) is 4.02. The number of methoxy groups -OCH3 is 1. The number of carbonyl (C=O) groups excluding carboxylic acids is 2. The zero-order chi connectivity index (χ0) is 13.7. The van der Waals surface area contributed by atoms with E-state index in [4.69, 9.17) is 27.8 Å². The molecule has 5 N–H and O–H groups in total. The summed E-state index contributed by atoms with van der Waals surface area (Å²) in [5.41, 5.74) is 10.8. The molecule has 7 heteroatoms. The number of hydrogen-bond donors (Lipinski definition) is 3. The monoisotopic (exact) mass is 271 g/mol. The first-order valence-electron chi connectivity index (χ1n) is 5.12. The molecule has 6 nitrogen and oxygen atoms in total. The number of hydrogen-bond acceptors (Lipinski definition) is 4. The number of anilines is 1. The number of nitrogens with two attached hydrogens (primary N) is 2. The van der Waals surface area contributed by atoms with Crippen molar-refractivity contribution in [2.24, 2.45) is 11.5 Å². The minimum atomic E-state index is -1.01. The fourth-order valence-electron chi connectivity index (χ4n) is 1.26. The summed E-state index contributed by atoms with van der Waals surface area (Å²) in [5, 5.41) is 2.85. The van der Waals surface area contributed by atoms with Gasteiger partial charge in [0.15, 0.2) is 0 Å². The summed E-state index contributed by atoms with van der Waals surface area (Å²) in [6.45, 7) is 0. The van der Waals surface area contributed by atoms with Crippen LogP contribution in [0.15, 0.2) is 18.2 Å². The summed E-state index contributed by atoms with van der Waals surface area (Å²) in [5.74, 6) is -0.642. The Hall–Kier alpha value is -1.79. The fourth-order valence-corrected chi connectivity index (χ4v) is 1.43. The van der Waals surface area contributed by atoms with E-state index in [1.165, 1.54) is 7.11 Å². The molecule has 1 aromatic rings. The van der Waals surface area contributed by atoms with Crippen molar-refractivity contribution < 1.29 is 14.3 Å². The summed E-state index contributed by atoms with van der Waals surface area (Å²) < 4.78 is 5.00. The van der Waals surface area contributed by atoms with E-state index in [0.29, 0.717) is 16.5 Å². The van der Waals surface area contributed by atoms with Crippen LogP contribution in [0.4, 0.5) is 5.69 Å². The maximum absolute atomic E-state index is 11.7. The van der Waals surface area contributed by atoms with E-state index in [9.17, 15) is 9.59 Å². The maximum Gasteiger partial charge on any atom is 0.241 e. The Morgan fingerprint density at radius 2 is 2.17 bits per heavy atom. The third kappa shape index (κ3) is 3.90. The van der Waals surface area contributed by atoms with Crippen LogP contribution in [0.25, 0.3) is 0 Å².